The highest BCUT2D eigenvalue weighted by molar-refractivity contribution is 6.06. The number of hydrogen-bond acceptors (Lipinski definition) is 1. The van der Waals surface area contributed by atoms with Crippen LogP contribution < -0.4 is 0 Å². The molecule has 3 rings (SSSR count). The normalized spacial score (nSPS) is 12.1. The van der Waals surface area contributed by atoms with E-state index in [1.54, 1.807) is 0 Å². The maximum Gasteiger partial charge on any atom is 0.208 e. The summed E-state index contributed by atoms with van der Waals surface area (Å²) in [7, 11) is 2.08. The molecule has 2 heterocycles. The Morgan fingerprint density at radius 1 is 1.18 bits per heavy atom. The van der Waals surface area contributed by atoms with Gasteiger partial charge in [0.05, 0.1) is 5.39 Å². The Morgan fingerprint density at radius 3 is 2.59 bits per heavy atom. The van der Waals surface area contributed by atoms with Crippen LogP contribution in [-0.2, 0) is 7.05 Å². The minimum atomic E-state index is 0.514. The molecule has 17 heavy (non-hydrogen) atoms. The van der Waals surface area contributed by atoms with Crippen molar-refractivity contribution in [2.24, 2.45) is 7.05 Å². The van der Waals surface area contributed by atoms with Gasteiger partial charge in [-0.15, -0.1) is 0 Å². The molecular weight excluding hydrogens is 210 g/mol. The molecule has 1 aromatic carbocycles. The van der Waals surface area contributed by atoms with E-state index in [-0.39, 0.29) is 0 Å². The van der Waals surface area contributed by atoms with Gasteiger partial charge in [0.15, 0.2) is 0 Å². The smallest absolute Gasteiger partial charge is 0.208 e. The van der Waals surface area contributed by atoms with Crippen LogP contribution in [-0.4, -0.2) is 4.57 Å². The maximum atomic E-state index is 5.96. The predicted molar refractivity (Wildman–Crippen MR) is 71.5 cm³/mol. The molecule has 0 atom stereocenters. The zero-order valence-electron chi connectivity index (χ0n) is 10.7. The zero-order chi connectivity index (χ0) is 12.2. The number of nitrogens with zero attached hydrogens (tertiary/aromatic N) is 1. The maximum absolute atomic E-state index is 5.96. The van der Waals surface area contributed by atoms with Gasteiger partial charge in [0, 0.05) is 18.1 Å². The van der Waals surface area contributed by atoms with Gasteiger partial charge in [0.1, 0.15) is 5.58 Å². The third-order valence-electron chi connectivity index (χ3n) is 3.62. The lowest BCUT2D eigenvalue weighted by Gasteiger charge is -2.06. The van der Waals surface area contributed by atoms with Crippen molar-refractivity contribution in [2.45, 2.75) is 26.7 Å². The Labute approximate surface area is 101 Å². The molecule has 0 spiro atoms. The van der Waals surface area contributed by atoms with Crippen molar-refractivity contribution in [1.29, 1.82) is 0 Å². The van der Waals surface area contributed by atoms with Gasteiger partial charge in [-0.1, -0.05) is 32.0 Å². The van der Waals surface area contributed by atoms with Crippen LogP contribution in [0.1, 0.15) is 31.0 Å². The van der Waals surface area contributed by atoms with Crippen molar-refractivity contribution < 1.29 is 4.42 Å². The van der Waals surface area contributed by atoms with Crippen molar-refractivity contribution in [1.82, 2.24) is 4.57 Å². The molecular formula is C15H17NO. The van der Waals surface area contributed by atoms with Crippen molar-refractivity contribution in [2.75, 3.05) is 0 Å². The largest absolute Gasteiger partial charge is 0.440 e. The first-order chi connectivity index (χ1) is 8.11. The third-order valence-corrected chi connectivity index (χ3v) is 3.62. The van der Waals surface area contributed by atoms with Crippen LogP contribution in [0, 0.1) is 6.92 Å². The molecule has 0 saturated carbocycles. The summed E-state index contributed by atoms with van der Waals surface area (Å²) in [5.74, 6) is 0.514. The molecule has 0 aliphatic carbocycles. The van der Waals surface area contributed by atoms with E-state index in [4.69, 9.17) is 4.42 Å². The number of furan rings is 1. The molecule has 2 aromatic heterocycles. The number of fused-ring (bicyclic) bond motifs is 3. The summed E-state index contributed by atoms with van der Waals surface area (Å²) in [6, 6.07) is 8.28. The lowest BCUT2D eigenvalue weighted by atomic mass is 9.99. The molecule has 0 unspecified atom stereocenters. The molecule has 0 radical (unpaired) electrons. The van der Waals surface area contributed by atoms with Crippen molar-refractivity contribution in [3.63, 3.8) is 0 Å². The fourth-order valence-electron chi connectivity index (χ4n) is 2.75. The number of aromatic nitrogens is 1. The Kier molecular flexibility index (Phi) is 2.09. The van der Waals surface area contributed by atoms with E-state index in [0.717, 1.165) is 11.3 Å². The zero-order valence-corrected chi connectivity index (χ0v) is 10.7. The van der Waals surface area contributed by atoms with E-state index in [1.165, 1.54) is 22.0 Å². The Balaban J connectivity index is 2.57. The van der Waals surface area contributed by atoms with E-state index < -0.39 is 0 Å². The second kappa shape index (κ2) is 3.39. The van der Waals surface area contributed by atoms with Gasteiger partial charge < -0.3 is 8.98 Å². The van der Waals surface area contributed by atoms with Gasteiger partial charge >= 0.3 is 0 Å². The fourth-order valence-corrected chi connectivity index (χ4v) is 2.75. The Morgan fingerprint density at radius 2 is 1.88 bits per heavy atom. The summed E-state index contributed by atoms with van der Waals surface area (Å²) in [5.41, 5.74) is 4.69. The molecule has 2 nitrogen and oxygen atoms in total. The summed E-state index contributed by atoms with van der Waals surface area (Å²) in [5, 5.41) is 2.52. The quantitative estimate of drug-likeness (QED) is 0.604. The van der Waals surface area contributed by atoms with E-state index in [9.17, 15) is 0 Å². The lowest BCUT2D eigenvalue weighted by molar-refractivity contribution is 0.626. The molecule has 0 amide bonds. The summed E-state index contributed by atoms with van der Waals surface area (Å²) in [6.07, 6.45) is 0. The van der Waals surface area contributed by atoms with Crippen LogP contribution in [0.25, 0.3) is 22.1 Å². The van der Waals surface area contributed by atoms with Crippen molar-refractivity contribution in [3.8, 4) is 0 Å². The molecule has 0 bridgehead atoms. The molecule has 0 fully saturated rings. The van der Waals surface area contributed by atoms with Crippen molar-refractivity contribution >= 4 is 22.1 Å². The molecule has 0 saturated heterocycles. The Hall–Kier alpha value is -1.70. The minimum absolute atomic E-state index is 0.514. The van der Waals surface area contributed by atoms with Crippen LogP contribution in [0.4, 0.5) is 0 Å². The molecule has 0 aliphatic rings. The molecule has 0 aliphatic heterocycles. The van der Waals surface area contributed by atoms with Crippen LogP contribution in [0.15, 0.2) is 28.7 Å². The SMILES string of the molecule is Cc1c(C(C)C)c2c3ccccc3oc2n1C. The highest BCUT2D eigenvalue weighted by Gasteiger charge is 2.20. The average Bonchev–Trinajstić information content (AvgIpc) is 2.77. The monoisotopic (exact) mass is 227 g/mol. The van der Waals surface area contributed by atoms with E-state index in [2.05, 4.69) is 44.5 Å². The number of para-hydroxylation sites is 1. The summed E-state index contributed by atoms with van der Waals surface area (Å²) in [4.78, 5) is 0. The minimum Gasteiger partial charge on any atom is -0.440 e. The van der Waals surface area contributed by atoms with Gasteiger partial charge in [0.2, 0.25) is 5.71 Å². The molecule has 3 aromatic rings. The number of rotatable bonds is 1. The van der Waals surface area contributed by atoms with Gasteiger partial charge in [-0.05, 0) is 24.5 Å². The van der Waals surface area contributed by atoms with Gasteiger partial charge in [-0.3, -0.25) is 0 Å². The lowest BCUT2D eigenvalue weighted by Crippen LogP contribution is -1.94. The first-order valence-corrected chi connectivity index (χ1v) is 6.07. The van der Waals surface area contributed by atoms with Crippen LogP contribution in [0.2, 0.25) is 0 Å². The molecule has 2 heteroatoms. The summed E-state index contributed by atoms with van der Waals surface area (Å²) >= 11 is 0. The fraction of sp³-hybridized carbons (Fsp3) is 0.333. The number of hydrogen-bond donors (Lipinski definition) is 0. The van der Waals surface area contributed by atoms with Crippen LogP contribution in [0.3, 0.4) is 0 Å². The number of aryl methyl sites for hydroxylation is 1. The van der Waals surface area contributed by atoms with Gasteiger partial charge in [-0.25, -0.2) is 0 Å². The highest BCUT2D eigenvalue weighted by atomic mass is 16.3. The van der Waals surface area contributed by atoms with E-state index in [1.807, 2.05) is 12.1 Å². The highest BCUT2D eigenvalue weighted by Crippen LogP contribution is 2.37. The standard InChI is InChI=1S/C15H17NO/c1-9(2)13-10(3)16(4)15-14(13)11-7-5-6-8-12(11)17-15/h5-9H,1-4H3. The second-order valence-corrected chi connectivity index (χ2v) is 4.99. The van der Waals surface area contributed by atoms with Crippen molar-refractivity contribution in [3.05, 3.63) is 35.5 Å². The topological polar surface area (TPSA) is 18.1 Å². The number of benzene rings is 1. The Bertz CT molecular complexity index is 700. The first kappa shape index (κ1) is 10.5. The summed E-state index contributed by atoms with van der Waals surface area (Å²) < 4.78 is 8.12. The third kappa shape index (κ3) is 1.27. The van der Waals surface area contributed by atoms with E-state index in [0.29, 0.717) is 5.92 Å². The average molecular weight is 227 g/mol. The predicted octanol–water partition coefficient (Wildman–Crippen LogP) is 4.36. The van der Waals surface area contributed by atoms with Gasteiger partial charge in [-0.2, -0.15) is 0 Å². The van der Waals surface area contributed by atoms with Crippen LogP contribution in [0.5, 0.6) is 0 Å². The van der Waals surface area contributed by atoms with E-state index >= 15 is 0 Å². The molecule has 88 valence electrons. The van der Waals surface area contributed by atoms with Gasteiger partial charge in [0.25, 0.3) is 0 Å². The molecule has 0 N–H and O–H groups in total. The first-order valence-electron chi connectivity index (χ1n) is 6.07. The second-order valence-electron chi connectivity index (χ2n) is 4.99. The summed E-state index contributed by atoms with van der Waals surface area (Å²) in [6.45, 7) is 6.65. The van der Waals surface area contributed by atoms with Crippen LogP contribution >= 0.6 is 0 Å².